The van der Waals surface area contributed by atoms with Crippen molar-refractivity contribution in [1.82, 2.24) is 9.78 Å². The highest BCUT2D eigenvalue weighted by Gasteiger charge is 2.14. The average molecular weight is 331 g/mol. The van der Waals surface area contributed by atoms with Crippen LogP contribution >= 0.6 is 0 Å². The quantitative estimate of drug-likeness (QED) is 0.848. The number of nitrogens with zero attached hydrogens (tertiary/aromatic N) is 2. The topological polar surface area (TPSA) is 93.5 Å². The van der Waals surface area contributed by atoms with E-state index >= 15 is 0 Å². The predicted octanol–water partition coefficient (Wildman–Crippen LogP) is 2.62. The van der Waals surface area contributed by atoms with Crippen molar-refractivity contribution in [3.8, 4) is 5.75 Å². The Balaban J connectivity index is 2.22. The zero-order valence-corrected chi connectivity index (χ0v) is 14.2. The lowest BCUT2D eigenvalue weighted by Gasteiger charge is -2.16. The van der Waals surface area contributed by atoms with Crippen LogP contribution in [0.4, 0.5) is 5.69 Å². The van der Waals surface area contributed by atoms with Gasteiger partial charge in [-0.2, -0.15) is 5.10 Å². The summed E-state index contributed by atoms with van der Waals surface area (Å²) in [5.74, 6) is -0.950. The first-order chi connectivity index (χ1) is 11.3. The zero-order valence-electron chi connectivity index (χ0n) is 14.2. The van der Waals surface area contributed by atoms with E-state index in [1.165, 1.54) is 12.1 Å². The van der Waals surface area contributed by atoms with Crippen LogP contribution in [0.15, 0.2) is 24.3 Å². The van der Waals surface area contributed by atoms with Crippen molar-refractivity contribution in [3.05, 3.63) is 41.2 Å². The number of carbonyl (C=O) groups is 2. The lowest BCUT2D eigenvalue weighted by atomic mass is 10.2. The van der Waals surface area contributed by atoms with Gasteiger partial charge in [-0.25, -0.2) is 4.79 Å². The molecular formula is C17H21N3O4. The number of carboxylic acids is 1. The van der Waals surface area contributed by atoms with E-state index in [1.54, 1.807) is 10.7 Å². The fraction of sp³-hybridized carbons (Fsp3) is 0.353. The number of hydrogen-bond acceptors (Lipinski definition) is 4. The fourth-order valence-electron chi connectivity index (χ4n) is 2.28. The largest absolute Gasteiger partial charge is 0.489 e. The molecule has 0 radical (unpaired) electrons. The normalized spacial score (nSPS) is 10.7. The Hall–Kier alpha value is -2.83. The lowest BCUT2D eigenvalue weighted by Crippen LogP contribution is -2.21. The van der Waals surface area contributed by atoms with Gasteiger partial charge in [0.25, 0.3) is 0 Å². The summed E-state index contributed by atoms with van der Waals surface area (Å²) in [6.45, 7) is 7.47. The summed E-state index contributed by atoms with van der Waals surface area (Å²) < 4.78 is 7.22. The highest BCUT2D eigenvalue weighted by molar-refractivity contribution is 5.95. The molecular weight excluding hydrogens is 310 g/mol. The Morgan fingerprint density at radius 2 is 2.00 bits per heavy atom. The van der Waals surface area contributed by atoms with Gasteiger partial charge in [0, 0.05) is 5.69 Å². The minimum Gasteiger partial charge on any atom is -0.489 e. The molecule has 24 heavy (non-hydrogen) atoms. The molecule has 0 saturated heterocycles. The molecule has 1 aromatic heterocycles. The summed E-state index contributed by atoms with van der Waals surface area (Å²) in [4.78, 5) is 23.4. The molecule has 1 aromatic carbocycles. The van der Waals surface area contributed by atoms with Crippen LogP contribution in [0.25, 0.3) is 0 Å². The number of aromatic nitrogens is 2. The molecule has 1 amide bonds. The number of ether oxygens (including phenoxy) is 1. The van der Waals surface area contributed by atoms with Crippen molar-refractivity contribution >= 4 is 17.6 Å². The highest BCUT2D eigenvalue weighted by Crippen LogP contribution is 2.27. The monoisotopic (exact) mass is 331 g/mol. The van der Waals surface area contributed by atoms with Crippen LogP contribution in [0.5, 0.6) is 5.75 Å². The Bertz CT molecular complexity index is 765. The number of rotatable bonds is 6. The van der Waals surface area contributed by atoms with Gasteiger partial charge in [-0.15, -0.1) is 0 Å². The molecule has 0 aliphatic heterocycles. The van der Waals surface area contributed by atoms with Crippen molar-refractivity contribution in [2.75, 3.05) is 5.32 Å². The summed E-state index contributed by atoms with van der Waals surface area (Å²) in [5, 5.41) is 16.1. The smallest absolute Gasteiger partial charge is 0.335 e. The van der Waals surface area contributed by atoms with E-state index in [9.17, 15) is 9.59 Å². The summed E-state index contributed by atoms with van der Waals surface area (Å²) >= 11 is 0. The Labute approximate surface area is 140 Å². The van der Waals surface area contributed by atoms with Crippen LogP contribution in [-0.2, 0) is 11.3 Å². The van der Waals surface area contributed by atoms with E-state index in [1.807, 2.05) is 33.8 Å². The van der Waals surface area contributed by atoms with Gasteiger partial charge in [0.2, 0.25) is 5.91 Å². The predicted molar refractivity (Wildman–Crippen MR) is 89.5 cm³/mol. The first-order valence-corrected chi connectivity index (χ1v) is 7.61. The Kier molecular flexibility index (Phi) is 5.23. The maximum Gasteiger partial charge on any atom is 0.335 e. The number of benzene rings is 1. The summed E-state index contributed by atoms with van der Waals surface area (Å²) in [6.07, 6.45) is -0.104. The van der Waals surface area contributed by atoms with E-state index in [0.717, 1.165) is 11.4 Å². The molecule has 0 saturated carbocycles. The van der Waals surface area contributed by atoms with Crippen molar-refractivity contribution in [2.24, 2.45) is 0 Å². The van der Waals surface area contributed by atoms with Crippen LogP contribution in [0, 0.1) is 13.8 Å². The van der Waals surface area contributed by atoms with Gasteiger partial charge in [0.1, 0.15) is 12.3 Å². The second-order valence-electron chi connectivity index (χ2n) is 5.82. The van der Waals surface area contributed by atoms with Crippen molar-refractivity contribution in [1.29, 1.82) is 0 Å². The molecule has 0 bridgehead atoms. The van der Waals surface area contributed by atoms with Crippen molar-refractivity contribution in [2.45, 2.75) is 40.3 Å². The lowest BCUT2D eigenvalue weighted by molar-refractivity contribution is -0.117. The van der Waals surface area contributed by atoms with E-state index in [2.05, 4.69) is 10.4 Å². The first-order valence-electron chi connectivity index (χ1n) is 7.61. The minimum absolute atomic E-state index is 0.0398. The summed E-state index contributed by atoms with van der Waals surface area (Å²) in [7, 11) is 0. The van der Waals surface area contributed by atoms with E-state index in [4.69, 9.17) is 9.84 Å². The molecule has 0 unspecified atom stereocenters. The van der Waals surface area contributed by atoms with Gasteiger partial charge < -0.3 is 15.2 Å². The van der Waals surface area contributed by atoms with Crippen LogP contribution in [0.3, 0.4) is 0 Å². The van der Waals surface area contributed by atoms with E-state index in [0.29, 0.717) is 11.4 Å². The Morgan fingerprint density at radius 3 is 2.54 bits per heavy atom. The van der Waals surface area contributed by atoms with Crippen LogP contribution in [-0.4, -0.2) is 32.9 Å². The van der Waals surface area contributed by atoms with Gasteiger partial charge in [-0.3, -0.25) is 9.48 Å². The average Bonchev–Trinajstić information content (AvgIpc) is 2.77. The molecule has 2 aromatic rings. The number of nitrogens with one attached hydrogen (secondary N) is 1. The minimum atomic E-state index is -1.07. The number of aryl methyl sites for hydroxylation is 2. The Morgan fingerprint density at radius 1 is 1.29 bits per heavy atom. The molecule has 0 aliphatic rings. The highest BCUT2D eigenvalue weighted by atomic mass is 16.5. The van der Waals surface area contributed by atoms with Gasteiger partial charge in [0.05, 0.1) is 23.0 Å². The van der Waals surface area contributed by atoms with Gasteiger partial charge >= 0.3 is 5.97 Å². The number of anilines is 1. The number of carboxylic acid groups (broad SMARTS) is 1. The second-order valence-corrected chi connectivity index (χ2v) is 5.82. The fourth-order valence-corrected chi connectivity index (χ4v) is 2.28. The molecule has 0 atom stereocenters. The third-order valence-corrected chi connectivity index (χ3v) is 3.26. The summed E-state index contributed by atoms with van der Waals surface area (Å²) in [5.41, 5.74) is 2.11. The van der Waals surface area contributed by atoms with Crippen LogP contribution in [0.1, 0.15) is 35.6 Å². The molecule has 0 aliphatic carbocycles. The third kappa shape index (κ3) is 4.34. The van der Waals surface area contributed by atoms with Crippen molar-refractivity contribution in [3.63, 3.8) is 0 Å². The van der Waals surface area contributed by atoms with Crippen molar-refractivity contribution < 1.29 is 19.4 Å². The molecule has 2 rings (SSSR count). The van der Waals surface area contributed by atoms with Gasteiger partial charge in [-0.1, -0.05) is 0 Å². The molecule has 2 N–H and O–H groups in total. The second kappa shape index (κ2) is 7.16. The number of aromatic carboxylic acids is 1. The number of carbonyl (C=O) groups excluding carboxylic acids is 1. The molecule has 1 heterocycles. The van der Waals surface area contributed by atoms with E-state index in [-0.39, 0.29) is 24.1 Å². The molecule has 7 heteroatoms. The number of hydrogen-bond donors (Lipinski definition) is 2. The van der Waals surface area contributed by atoms with Crippen LogP contribution < -0.4 is 10.1 Å². The maximum absolute atomic E-state index is 12.3. The van der Waals surface area contributed by atoms with Gasteiger partial charge in [-0.05, 0) is 52.0 Å². The zero-order chi connectivity index (χ0) is 17.9. The molecule has 7 nitrogen and oxygen atoms in total. The van der Waals surface area contributed by atoms with Crippen LogP contribution in [0.2, 0.25) is 0 Å². The molecule has 0 spiro atoms. The maximum atomic E-state index is 12.3. The first kappa shape index (κ1) is 17.5. The number of amides is 1. The third-order valence-electron chi connectivity index (χ3n) is 3.26. The standard InChI is InChI=1S/C17H21N3O4/c1-10(2)24-15-6-5-13(17(22)23)8-14(15)18-16(21)9-20-12(4)7-11(3)19-20/h5-8,10H,9H2,1-4H3,(H,18,21)(H,22,23). The summed E-state index contributed by atoms with van der Waals surface area (Å²) in [6, 6.07) is 6.25. The van der Waals surface area contributed by atoms with E-state index < -0.39 is 5.97 Å². The molecule has 128 valence electrons. The van der Waals surface area contributed by atoms with Gasteiger partial charge in [0.15, 0.2) is 0 Å². The molecule has 0 fully saturated rings. The SMILES string of the molecule is Cc1cc(C)n(CC(=O)Nc2cc(C(=O)O)ccc2OC(C)C)n1.